The molecule has 1 aliphatic rings. The van der Waals surface area contributed by atoms with Crippen molar-refractivity contribution >= 4 is 12.4 Å². The van der Waals surface area contributed by atoms with Crippen molar-refractivity contribution in [3.63, 3.8) is 0 Å². The second-order valence-electron chi connectivity index (χ2n) is 4.57. The molecule has 1 saturated heterocycles. The summed E-state index contributed by atoms with van der Waals surface area (Å²) in [4.78, 5) is 1.85. The predicted molar refractivity (Wildman–Crippen MR) is 71.3 cm³/mol. The largest absolute Gasteiger partial charge is 0.314 e. The zero-order valence-corrected chi connectivity index (χ0v) is 11.7. The Kier molecular flexibility index (Phi) is 6.71. The molecule has 1 N–H and O–H groups in total. The second-order valence-corrected chi connectivity index (χ2v) is 4.57. The van der Waals surface area contributed by atoms with E-state index < -0.39 is 30.2 Å². The maximum Gasteiger partial charge on any atom is 0.163 e. The monoisotopic (exact) mass is 312 g/mol. The lowest BCUT2D eigenvalue weighted by atomic mass is 10.0. The molecule has 7 heteroatoms. The average molecular weight is 313 g/mol. The molecule has 0 spiro atoms. The van der Waals surface area contributed by atoms with Crippen LogP contribution in [0.2, 0.25) is 0 Å². The van der Waals surface area contributed by atoms with E-state index in [0.29, 0.717) is 32.2 Å². The van der Waals surface area contributed by atoms with Crippen LogP contribution in [0.25, 0.3) is 0 Å². The van der Waals surface area contributed by atoms with Gasteiger partial charge in [0.2, 0.25) is 0 Å². The molecule has 0 aromatic heterocycles. The highest BCUT2D eigenvalue weighted by molar-refractivity contribution is 5.85. The molecule has 1 aliphatic heterocycles. The number of rotatable bonds is 4. The normalized spacial score (nSPS) is 17.6. The van der Waals surface area contributed by atoms with Crippen LogP contribution < -0.4 is 5.32 Å². The third kappa shape index (κ3) is 3.84. The van der Waals surface area contributed by atoms with Gasteiger partial charge in [-0.1, -0.05) is 0 Å². The van der Waals surface area contributed by atoms with Gasteiger partial charge in [-0.25, -0.2) is 13.2 Å². The highest BCUT2D eigenvalue weighted by Gasteiger charge is 2.26. The number of nitrogens with zero attached hydrogens (tertiary/aromatic N) is 1. The van der Waals surface area contributed by atoms with Crippen molar-refractivity contribution in [2.75, 3.05) is 32.9 Å². The number of benzene rings is 1. The Labute approximate surface area is 121 Å². The minimum atomic E-state index is -1.23. The van der Waals surface area contributed by atoms with Crippen molar-refractivity contribution in [2.24, 2.45) is 0 Å². The van der Waals surface area contributed by atoms with Gasteiger partial charge in [0.15, 0.2) is 11.6 Å². The van der Waals surface area contributed by atoms with Crippen LogP contribution in [0.5, 0.6) is 0 Å². The van der Waals surface area contributed by atoms with Gasteiger partial charge < -0.3 is 5.32 Å². The highest BCUT2D eigenvalue weighted by atomic mass is 35.5. The van der Waals surface area contributed by atoms with Crippen LogP contribution in [0, 0.1) is 17.5 Å². The molecule has 1 atom stereocenters. The Bertz CT molecular complexity index is 439. The van der Waals surface area contributed by atoms with Crippen molar-refractivity contribution in [1.82, 2.24) is 10.2 Å². The first-order chi connectivity index (χ1) is 9.13. The van der Waals surface area contributed by atoms with E-state index in [9.17, 15) is 17.6 Å². The lowest BCUT2D eigenvalue weighted by molar-refractivity contribution is 0.153. The van der Waals surface area contributed by atoms with E-state index in [-0.39, 0.29) is 24.4 Å². The Morgan fingerprint density at radius 2 is 1.80 bits per heavy atom. The number of piperazine rings is 1. The SMILES string of the molecule is Cl.FCC[C@H](c1cc(F)cc(F)c1F)N1CCNCC1. The standard InChI is InChI=1S/C13H16F4N2.ClH/c14-2-1-12(19-5-3-18-4-6-19)10-7-9(15)8-11(16)13(10)17;/h7-8,12,18H,1-6H2;1H/t12-;/m1./s1. The summed E-state index contributed by atoms with van der Waals surface area (Å²) in [6, 6.07) is 0.835. The minimum absolute atomic E-state index is 0. The molecule has 20 heavy (non-hydrogen) atoms. The van der Waals surface area contributed by atoms with Crippen LogP contribution in [0.15, 0.2) is 12.1 Å². The Morgan fingerprint density at radius 1 is 1.15 bits per heavy atom. The second kappa shape index (κ2) is 7.81. The number of hydrogen-bond donors (Lipinski definition) is 1. The summed E-state index contributed by atoms with van der Waals surface area (Å²) >= 11 is 0. The fourth-order valence-corrected chi connectivity index (χ4v) is 2.45. The van der Waals surface area contributed by atoms with Gasteiger partial charge in [0, 0.05) is 43.9 Å². The summed E-state index contributed by atoms with van der Waals surface area (Å²) in [6.45, 7) is 1.93. The molecule has 0 amide bonds. The van der Waals surface area contributed by atoms with E-state index in [1.807, 2.05) is 4.90 Å². The van der Waals surface area contributed by atoms with Gasteiger partial charge in [-0.2, -0.15) is 0 Å². The van der Waals surface area contributed by atoms with E-state index in [1.54, 1.807) is 0 Å². The molecule has 0 saturated carbocycles. The van der Waals surface area contributed by atoms with Gasteiger partial charge in [0.1, 0.15) is 5.82 Å². The van der Waals surface area contributed by atoms with Crippen LogP contribution in [0.4, 0.5) is 17.6 Å². The van der Waals surface area contributed by atoms with Gasteiger partial charge in [-0.05, 0) is 12.5 Å². The zero-order chi connectivity index (χ0) is 13.8. The fraction of sp³-hybridized carbons (Fsp3) is 0.538. The number of hydrogen-bond acceptors (Lipinski definition) is 2. The topological polar surface area (TPSA) is 15.3 Å². The van der Waals surface area contributed by atoms with E-state index in [0.717, 1.165) is 6.07 Å². The van der Waals surface area contributed by atoms with Crippen molar-refractivity contribution < 1.29 is 17.6 Å². The van der Waals surface area contributed by atoms with Crippen LogP contribution in [-0.2, 0) is 0 Å². The van der Waals surface area contributed by atoms with E-state index in [4.69, 9.17) is 0 Å². The Balaban J connectivity index is 0.00000200. The summed E-state index contributed by atoms with van der Waals surface area (Å²) < 4.78 is 53.0. The third-order valence-electron chi connectivity index (χ3n) is 3.36. The quantitative estimate of drug-likeness (QED) is 0.679. The van der Waals surface area contributed by atoms with Crippen LogP contribution >= 0.6 is 12.4 Å². The van der Waals surface area contributed by atoms with Gasteiger partial charge in [-0.15, -0.1) is 12.4 Å². The van der Waals surface area contributed by atoms with Gasteiger partial charge in [0.25, 0.3) is 0 Å². The molecule has 1 heterocycles. The van der Waals surface area contributed by atoms with Crippen molar-refractivity contribution in [3.05, 3.63) is 35.1 Å². The molecule has 2 rings (SSSR count). The van der Waals surface area contributed by atoms with E-state index in [1.165, 1.54) is 0 Å². The number of nitrogens with one attached hydrogen (secondary N) is 1. The van der Waals surface area contributed by atoms with E-state index in [2.05, 4.69) is 5.32 Å². The summed E-state index contributed by atoms with van der Waals surface area (Å²) in [5.74, 6) is -3.15. The molecule has 0 unspecified atom stereocenters. The molecule has 114 valence electrons. The van der Waals surface area contributed by atoms with E-state index >= 15 is 0 Å². The first-order valence-corrected chi connectivity index (χ1v) is 6.28. The van der Waals surface area contributed by atoms with Crippen LogP contribution in [-0.4, -0.2) is 37.8 Å². The maximum absolute atomic E-state index is 13.8. The zero-order valence-electron chi connectivity index (χ0n) is 10.8. The first kappa shape index (κ1) is 17.2. The van der Waals surface area contributed by atoms with Crippen LogP contribution in [0.3, 0.4) is 0 Å². The number of halogens is 5. The van der Waals surface area contributed by atoms with Crippen molar-refractivity contribution in [2.45, 2.75) is 12.5 Å². The fourth-order valence-electron chi connectivity index (χ4n) is 2.45. The number of alkyl halides is 1. The molecular formula is C13H17ClF4N2. The molecule has 0 radical (unpaired) electrons. The molecule has 0 aliphatic carbocycles. The predicted octanol–water partition coefficient (Wildman–Crippen LogP) is 2.83. The van der Waals surface area contributed by atoms with Gasteiger partial charge in [0.05, 0.1) is 6.67 Å². The first-order valence-electron chi connectivity index (χ1n) is 6.28. The van der Waals surface area contributed by atoms with Crippen molar-refractivity contribution in [3.8, 4) is 0 Å². The van der Waals surface area contributed by atoms with Crippen molar-refractivity contribution in [1.29, 1.82) is 0 Å². The Morgan fingerprint density at radius 3 is 2.40 bits per heavy atom. The maximum atomic E-state index is 13.8. The molecule has 2 nitrogen and oxygen atoms in total. The smallest absolute Gasteiger partial charge is 0.163 e. The molecule has 0 bridgehead atoms. The van der Waals surface area contributed by atoms with Gasteiger partial charge >= 0.3 is 0 Å². The van der Waals surface area contributed by atoms with Crippen LogP contribution in [0.1, 0.15) is 18.0 Å². The summed E-state index contributed by atoms with van der Waals surface area (Å²) in [5, 5.41) is 3.12. The minimum Gasteiger partial charge on any atom is -0.314 e. The molecule has 1 aromatic rings. The lowest BCUT2D eigenvalue weighted by Crippen LogP contribution is -2.45. The summed E-state index contributed by atoms with van der Waals surface area (Å²) in [5.41, 5.74) is -0.1000. The Hall–Kier alpha value is -0.850. The third-order valence-corrected chi connectivity index (χ3v) is 3.36. The lowest BCUT2D eigenvalue weighted by Gasteiger charge is -2.35. The molecular weight excluding hydrogens is 296 g/mol. The summed E-state index contributed by atoms with van der Waals surface area (Å²) in [6.07, 6.45) is 0.0276. The molecule has 1 fully saturated rings. The summed E-state index contributed by atoms with van der Waals surface area (Å²) in [7, 11) is 0. The molecule has 1 aromatic carbocycles. The van der Waals surface area contributed by atoms with Gasteiger partial charge in [-0.3, -0.25) is 9.29 Å². The highest BCUT2D eigenvalue weighted by Crippen LogP contribution is 2.29. The average Bonchev–Trinajstić information content (AvgIpc) is 2.41.